The quantitative estimate of drug-likeness (QED) is 0.847. The Labute approximate surface area is 127 Å². The first-order chi connectivity index (χ1) is 9.97. The molecule has 21 heavy (non-hydrogen) atoms. The highest BCUT2D eigenvalue weighted by atomic mass is 35.5. The molecule has 0 saturated carbocycles. The van der Waals surface area contributed by atoms with Gasteiger partial charge >= 0.3 is 0 Å². The van der Waals surface area contributed by atoms with Crippen LogP contribution in [0, 0.1) is 11.6 Å². The van der Waals surface area contributed by atoms with Crippen molar-refractivity contribution < 1.29 is 13.5 Å². The molecule has 2 aromatic rings. The Bertz CT molecular complexity index is 632. The number of benzene rings is 2. The summed E-state index contributed by atoms with van der Waals surface area (Å²) in [6.45, 7) is 4.29. The Balaban J connectivity index is 2.26. The van der Waals surface area contributed by atoms with Crippen LogP contribution in [0.3, 0.4) is 0 Å². The van der Waals surface area contributed by atoms with Crippen molar-refractivity contribution in [2.24, 2.45) is 0 Å². The summed E-state index contributed by atoms with van der Waals surface area (Å²) in [6, 6.07) is 8.85. The first kappa shape index (κ1) is 15.7. The minimum Gasteiger partial charge on any atom is -0.457 e. The van der Waals surface area contributed by atoms with E-state index in [1.807, 2.05) is 13.8 Å². The van der Waals surface area contributed by atoms with Gasteiger partial charge in [0.1, 0.15) is 23.1 Å². The summed E-state index contributed by atoms with van der Waals surface area (Å²) >= 11 is 5.71. The van der Waals surface area contributed by atoms with Crippen molar-refractivity contribution in [3.8, 4) is 11.5 Å². The third-order valence-corrected chi connectivity index (χ3v) is 3.17. The van der Waals surface area contributed by atoms with Crippen LogP contribution in [0.15, 0.2) is 36.4 Å². The number of ether oxygens (including phenoxy) is 1. The van der Waals surface area contributed by atoms with Crippen molar-refractivity contribution in [2.45, 2.75) is 26.4 Å². The molecule has 0 amide bonds. The Morgan fingerprint density at radius 1 is 1.14 bits per heavy atom. The van der Waals surface area contributed by atoms with Gasteiger partial charge in [-0.3, -0.25) is 0 Å². The van der Waals surface area contributed by atoms with Crippen LogP contribution in [-0.2, 0) is 6.54 Å². The number of rotatable bonds is 5. The molecule has 0 aromatic heterocycles. The number of hydrogen-bond acceptors (Lipinski definition) is 2. The van der Waals surface area contributed by atoms with E-state index in [1.165, 1.54) is 24.3 Å². The zero-order valence-corrected chi connectivity index (χ0v) is 12.5. The van der Waals surface area contributed by atoms with Crippen molar-refractivity contribution in [1.82, 2.24) is 5.32 Å². The molecule has 0 aliphatic rings. The fourth-order valence-corrected chi connectivity index (χ4v) is 1.95. The lowest BCUT2D eigenvalue weighted by atomic mass is 10.1. The van der Waals surface area contributed by atoms with E-state index in [2.05, 4.69) is 5.32 Å². The molecule has 0 heterocycles. The Kier molecular flexibility index (Phi) is 5.15. The zero-order valence-electron chi connectivity index (χ0n) is 11.8. The molecule has 0 aliphatic heterocycles. The topological polar surface area (TPSA) is 21.3 Å². The van der Waals surface area contributed by atoms with Crippen LogP contribution in [0.2, 0.25) is 5.02 Å². The Morgan fingerprint density at radius 3 is 2.57 bits per heavy atom. The lowest BCUT2D eigenvalue weighted by Crippen LogP contribution is -2.22. The molecule has 1 N–H and O–H groups in total. The van der Waals surface area contributed by atoms with Gasteiger partial charge in [0.15, 0.2) is 0 Å². The summed E-state index contributed by atoms with van der Waals surface area (Å²) in [5, 5.41) is 3.11. The molecule has 2 aromatic carbocycles. The molecule has 0 radical (unpaired) electrons. The maximum atomic E-state index is 13.9. The smallest absolute Gasteiger partial charge is 0.142 e. The van der Waals surface area contributed by atoms with Gasteiger partial charge in [0.25, 0.3) is 0 Å². The highest BCUT2D eigenvalue weighted by Crippen LogP contribution is 2.29. The summed E-state index contributed by atoms with van der Waals surface area (Å²) in [7, 11) is 0. The van der Waals surface area contributed by atoms with Gasteiger partial charge in [0.05, 0.1) is 5.02 Å². The average molecular weight is 312 g/mol. The van der Waals surface area contributed by atoms with Crippen LogP contribution in [-0.4, -0.2) is 6.04 Å². The second-order valence-electron chi connectivity index (χ2n) is 4.93. The van der Waals surface area contributed by atoms with Gasteiger partial charge in [-0.2, -0.15) is 0 Å². The summed E-state index contributed by atoms with van der Waals surface area (Å²) < 4.78 is 32.7. The molecule has 2 nitrogen and oxygen atoms in total. The van der Waals surface area contributed by atoms with Crippen LogP contribution in [0.4, 0.5) is 8.78 Å². The molecule has 112 valence electrons. The zero-order chi connectivity index (χ0) is 15.4. The van der Waals surface area contributed by atoms with E-state index in [9.17, 15) is 8.78 Å². The van der Waals surface area contributed by atoms with Gasteiger partial charge in [-0.05, 0) is 24.3 Å². The van der Waals surface area contributed by atoms with E-state index in [4.69, 9.17) is 16.3 Å². The fourth-order valence-electron chi connectivity index (χ4n) is 1.78. The maximum absolute atomic E-state index is 13.9. The second kappa shape index (κ2) is 6.87. The van der Waals surface area contributed by atoms with Crippen molar-refractivity contribution in [2.75, 3.05) is 0 Å². The van der Waals surface area contributed by atoms with Crippen LogP contribution >= 0.6 is 11.6 Å². The minimum absolute atomic E-state index is 0.0363. The van der Waals surface area contributed by atoms with Gasteiger partial charge in [-0.15, -0.1) is 0 Å². The summed E-state index contributed by atoms with van der Waals surface area (Å²) in [4.78, 5) is 0. The van der Waals surface area contributed by atoms with E-state index in [-0.39, 0.29) is 16.9 Å². The van der Waals surface area contributed by atoms with Gasteiger partial charge < -0.3 is 10.1 Å². The molecule has 2 rings (SSSR count). The predicted octanol–water partition coefficient (Wildman–Crippen LogP) is 4.91. The van der Waals surface area contributed by atoms with Crippen LogP contribution in [0.25, 0.3) is 0 Å². The molecule has 0 fully saturated rings. The van der Waals surface area contributed by atoms with Gasteiger partial charge in [-0.25, -0.2) is 8.78 Å². The van der Waals surface area contributed by atoms with Crippen molar-refractivity contribution in [1.29, 1.82) is 0 Å². The average Bonchev–Trinajstić information content (AvgIpc) is 2.42. The fraction of sp³-hybridized carbons (Fsp3) is 0.250. The summed E-state index contributed by atoms with van der Waals surface area (Å²) in [5.74, 6) is -0.137. The number of nitrogens with one attached hydrogen (secondary N) is 1. The second-order valence-corrected chi connectivity index (χ2v) is 5.34. The third kappa shape index (κ3) is 4.16. The molecular weight excluding hydrogens is 296 g/mol. The standard InChI is InChI=1S/C16H16ClF2NO/c1-10(2)20-9-12-14(18)4-3-5-16(12)21-11-6-7-15(19)13(17)8-11/h3-8,10,20H,9H2,1-2H3. The molecule has 0 atom stereocenters. The van der Waals surface area contributed by atoms with Gasteiger partial charge in [0.2, 0.25) is 0 Å². The first-order valence-electron chi connectivity index (χ1n) is 6.61. The first-order valence-corrected chi connectivity index (χ1v) is 6.99. The SMILES string of the molecule is CC(C)NCc1c(F)cccc1Oc1ccc(F)c(Cl)c1. The summed E-state index contributed by atoms with van der Waals surface area (Å²) in [6.07, 6.45) is 0. The lowest BCUT2D eigenvalue weighted by Gasteiger charge is -2.14. The van der Waals surface area contributed by atoms with Crippen molar-refractivity contribution in [3.63, 3.8) is 0 Å². The predicted molar refractivity (Wildman–Crippen MR) is 79.9 cm³/mol. The highest BCUT2D eigenvalue weighted by Gasteiger charge is 2.11. The van der Waals surface area contributed by atoms with E-state index >= 15 is 0 Å². The summed E-state index contributed by atoms with van der Waals surface area (Å²) in [5.41, 5.74) is 0.423. The minimum atomic E-state index is -0.523. The molecule has 0 unspecified atom stereocenters. The molecule has 0 bridgehead atoms. The Hall–Kier alpha value is -1.65. The molecule has 0 saturated heterocycles. The Morgan fingerprint density at radius 2 is 1.90 bits per heavy atom. The normalized spacial score (nSPS) is 11.0. The van der Waals surface area contributed by atoms with E-state index in [0.717, 1.165) is 0 Å². The van der Waals surface area contributed by atoms with E-state index in [1.54, 1.807) is 12.1 Å². The van der Waals surface area contributed by atoms with E-state index < -0.39 is 5.82 Å². The molecule has 5 heteroatoms. The van der Waals surface area contributed by atoms with Gasteiger partial charge in [-0.1, -0.05) is 31.5 Å². The van der Waals surface area contributed by atoms with Crippen LogP contribution in [0.5, 0.6) is 11.5 Å². The highest BCUT2D eigenvalue weighted by molar-refractivity contribution is 6.30. The molecule has 0 aliphatic carbocycles. The van der Waals surface area contributed by atoms with Crippen LogP contribution < -0.4 is 10.1 Å². The monoisotopic (exact) mass is 311 g/mol. The maximum Gasteiger partial charge on any atom is 0.142 e. The van der Waals surface area contributed by atoms with Gasteiger partial charge in [0, 0.05) is 24.2 Å². The molecule has 0 spiro atoms. The van der Waals surface area contributed by atoms with Crippen LogP contribution in [0.1, 0.15) is 19.4 Å². The number of halogens is 3. The third-order valence-electron chi connectivity index (χ3n) is 2.88. The lowest BCUT2D eigenvalue weighted by molar-refractivity contribution is 0.456. The largest absolute Gasteiger partial charge is 0.457 e. The van der Waals surface area contributed by atoms with Crippen molar-refractivity contribution in [3.05, 3.63) is 58.6 Å². The number of hydrogen-bond donors (Lipinski definition) is 1. The van der Waals surface area contributed by atoms with E-state index in [0.29, 0.717) is 23.6 Å². The molecular formula is C16H16ClF2NO. The van der Waals surface area contributed by atoms with Crippen molar-refractivity contribution >= 4 is 11.6 Å².